The van der Waals surface area contributed by atoms with Gasteiger partial charge < -0.3 is 15.2 Å². The quantitative estimate of drug-likeness (QED) is 0.870. The van der Waals surface area contributed by atoms with Crippen molar-refractivity contribution in [2.75, 3.05) is 6.61 Å². The predicted octanol–water partition coefficient (Wildman–Crippen LogP) is 2.55. The van der Waals surface area contributed by atoms with Crippen molar-refractivity contribution in [3.05, 3.63) is 28.2 Å². The van der Waals surface area contributed by atoms with Crippen LogP contribution in [0.3, 0.4) is 0 Å². The number of fused-ring (bicyclic) bond motifs is 1. The largest absolute Gasteiger partial charge is 0.493 e. The van der Waals surface area contributed by atoms with E-state index in [1.165, 1.54) is 0 Å². The summed E-state index contributed by atoms with van der Waals surface area (Å²) < 4.78 is 6.59. The predicted molar refractivity (Wildman–Crippen MR) is 78.5 cm³/mol. The number of benzene rings is 1. The molecular weight excluding hydrogens is 322 g/mol. The maximum absolute atomic E-state index is 12.3. The third-order valence-corrected chi connectivity index (χ3v) is 4.64. The summed E-state index contributed by atoms with van der Waals surface area (Å²) in [4.78, 5) is 12.3. The van der Waals surface area contributed by atoms with Gasteiger partial charge in [0.25, 0.3) is 0 Å². The van der Waals surface area contributed by atoms with Crippen LogP contribution in [-0.2, 0) is 4.79 Å². The van der Waals surface area contributed by atoms with Crippen LogP contribution in [-0.4, -0.2) is 23.7 Å². The zero-order chi connectivity index (χ0) is 14.1. The summed E-state index contributed by atoms with van der Waals surface area (Å²) in [5.74, 6) is 0.540. The lowest BCUT2D eigenvalue weighted by atomic mass is 9.98. The molecule has 3 atom stereocenters. The van der Waals surface area contributed by atoms with Crippen molar-refractivity contribution in [2.24, 2.45) is 5.92 Å². The zero-order valence-corrected chi connectivity index (χ0v) is 12.7. The molecule has 5 heteroatoms. The number of aliphatic hydroxyl groups is 1. The summed E-state index contributed by atoms with van der Waals surface area (Å²) in [5, 5.41) is 12.9. The zero-order valence-electron chi connectivity index (χ0n) is 11.1. The molecule has 1 aliphatic heterocycles. The van der Waals surface area contributed by atoms with Crippen molar-refractivity contribution in [2.45, 2.75) is 37.8 Å². The highest BCUT2D eigenvalue weighted by molar-refractivity contribution is 9.10. The lowest BCUT2D eigenvalue weighted by Crippen LogP contribution is -2.38. The van der Waals surface area contributed by atoms with E-state index in [0.29, 0.717) is 6.61 Å². The maximum Gasteiger partial charge on any atom is 0.226 e. The highest BCUT2D eigenvalue weighted by Crippen LogP contribution is 2.35. The van der Waals surface area contributed by atoms with Gasteiger partial charge in [0.05, 0.1) is 24.7 Å². The highest BCUT2D eigenvalue weighted by Gasteiger charge is 2.33. The van der Waals surface area contributed by atoms with E-state index in [-0.39, 0.29) is 17.9 Å². The van der Waals surface area contributed by atoms with E-state index in [9.17, 15) is 9.90 Å². The Kier molecular flexibility index (Phi) is 3.98. The number of hydrogen-bond acceptors (Lipinski definition) is 3. The Bertz CT molecular complexity index is 520. The number of nitrogens with one attached hydrogen (secondary N) is 1. The van der Waals surface area contributed by atoms with Gasteiger partial charge in [-0.25, -0.2) is 0 Å². The third-order valence-electron chi connectivity index (χ3n) is 4.14. The van der Waals surface area contributed by atoms with Gasteiger partial charge >= 0.3 is 0 Å². The van der Waals surface area contributed by atoms with Crippen LogP contribution < -0.4 is 10.1 Å². The monoisotopic (exact) mass is 339 g/mol. The Morgan fingerprint density at radius 2 is 2.20 bits per heavy atom. The maximum atomic E-state index is 12.3. The van der Waals surface area contributed by atoms with Crippen LogP contribution in [0.25, 0.3) is 0 Å². The van der Waals surface area contributed by atoms with Gasteiger partial charge in [0.15, 0.2) is 0 Å². The summed E-state index contributed by atoms with van der Waals surface area (Å²) in [6.45, 7) is 0.604. The second-order valence-corrected chi connectivity index (χ2v) is 6.40. The van der Waals surface area contributed by atoms with E-state index in [4.69, 9.17) is 4.74 Å². The molecule has 1 aliphatic carbocycles. The minimum Gasteiger partial charge on any atom is -0.493 e. The van der Waals surface area contributed by atoms with Crippen molar-refractivity contribution >= 4 is 21.8 Å². The Hall–Kier alpha value is -1.07. The molecule has 4 nitrogen and oxygen atoms in total. The van der Waals surface area contributed by atoms with E-state index in [1.54, 1.807) is 0 Å². The van der Waals surface area contributed by atoms with Crippen molar-refractivity contribution in [3.8, 4) is 5.75 Å². The smallest absolute Gasteiger partial charge is 0.226 e. The van der Waals surface area contributed by atoms with Crippen LogP contribution in [0.4, 0.5) is 0 Å². The third kappa shape index (κ3) is 2.69. The van der Waals surface area contributed by atoms with Crippen molar-refractivity contribution in [3.63, 3.8) is 0 Å². The lowest BCUT2D eigenvalue weighted by molar-refractivity contribution is -0.128. The summed E-state index contributed by atoms with van der Waals surface area (Å²) in [6.07, 6.45) is 2.71. The fourth-order valence-corrected chi connectivity index (χ4v) is 3.42. The van der Waals surface area contributed by atoms with E-state index < -0.39 is 6.10 Å². The number of ether oxygens (including phenoxy) is 1. The molecule has 1 aromatic carbocycles. The van der Waals surface area contributed by atoms with Crippen molar-refractivity contribution in [1.29, 1.82) is 0 Å². The Morgan fingerprint density at radius 1 is 1.35 bits per heavy atom. The van der Waals surface area contributed by atoms with E-state index in [0.717, 1.165) is 41.5 Å². The first kappa shape index (κ1) is 13.9. The molecule has 1 amide bonds. The van der Waals surface area contributed by atoms with Gasteiger partial charge in [-0.2, -0.15) is 0 Å². The van der Waals surface area contributed by atoms with Crippen LogP contribution >= 0.6 is 15.9 Å². The fourth-order valence-electron chi connectivity index (χ4n) is 3.04. The second kappa shape index (κ2) is 5.74. The summed E-state index contributed by atoms with van der Waals surface area (Å²) in [7, 11) is 0. The van der Waals surface area contributed by atoms with Gasteiger partial charge in [-0.3, -0.25) is 4.79 Å². The van der Waals surface area contributed by atoms with Gasteiger partial charge in [0.2, 0.25) is 5.91 Å². The van der Waals surface area contributed by atoms with Crippen LogP contribution in [0.2, 0.25) is 0 Å². The summed E-state index contributed by atoms with van der Waals surface area (Å²) in [5.41, 5.74) is 1.01. The summed E-state index contributed by atoms with van der Waals surface area (Å²) in [6, 6.07) is 5.81. The number of aliphatic hydroxyl groups excluding tert-OH is 1. The van der Waals surface area contributed by atoms with Gasteiger partial charge in [0.1, 0.15) is 5.75 Å². The van der Waals surface area contributed by atoms with Crippen molar-refractivity contribution in [1.82, 2.24) is 5.32 Å². The number of rotatable bonds is 2. The average molecular weight is 340 g/mol. The first-order chi connectivity index (χ1) is 9.65. The van der Waals surface area contributed by atoms with Crippen LogP contribution in [0.15, 0.2) is 22.7 Å². The standard InChI is InChI=1S/C15H18BrNO3/c16-9-4-5-14-11(8-9)12(6-7-20-14)17-15(19)10-2-1-3-13(10)18/h4-5,8,10,12-13,18H,1-3,6-7H2,(H,17,19). The molecule has 0 spiro atoms. The Morgan fingerprint density at radius 3 is 2.95 bits per heavy atom. The summed E-state index contributed by atoms with van der Waals surface area (Å²) >= 11 is 3.45. The molecule has 2 aliphatic rings. The minimum atomic E-state index is -0.489. The van der Waals surface area contributed by atoms with Crippen LogP contribution in [0.5, 0.6) is 5.75 Å². The van der Waals surface area contributed by atoms with Gasteiger partial charge in [0, 0.05) is 16.5 Å². The molecular formula is C15H18BrNO3. The van der Waals surface area contributed by atoms with E-state index >= 15 is 0 Å². The Balaban J connectivity index is 1.76. The molecule has 0 saturated heterocycles. The molecule has 1 saturated carbocycles. The fraction of sp³-hybridized carbons (Fsp3) is 0.533. The number of hydrogen-bond donors (Lipinski definition) is 2. The molecule has 0 aromatic heterocycles. The first-order valence-corrected chi connectivity index (χ1v) is 7.85. The molecule has 2 N–H and O–H groups in total. The molecule has 1 aromatic rings. The molecule has 1 fully saturated rings. The van der Waals surface area contributed by atoms with Crippen molar-refractivity contribution < 1.29 is 14.6 Å². The molecule has 0 radical (unpaired) electrons. The number of halogens is 1. The first-order valence-electron chi connectivity index (χ1n) is 7.06. The van der Waals surface area contributed by atoms with E-state index in [2.05, 4.69) is 21.2 Å². The topological polar surface area (TPSA) is 58.6 Å². The van der Waals surface area contributed by atoms with Crippen LogP contribution in [0.1, 0.15) is 37.3 Å². The highest BCUT2D eigenvalue weighted by atomic mass is 79.9. The second-order valence-electron chi connectivity index (χ2n) is 5.49. The normalized spacial score (nSPS) is 28.6. The molecule has 108 valence electrons. The van der Waals surface area contributed by atoms with Gasteiger partial charge in [-0.05, 0) is 37.5 Å². The molecule has 20 heavy (non-hydrogen) atoms. The number of amides is 1. The number of carbonyl (C=O) groups excluding carboxylic acids is 1. The van der Waals surface area contributed by atoms with E-state index in [1.807, 2.05) is 18.2 Å². The number of carbonyl (C=O) groups is 1. The molecule has 0 bridgehead atoms. The average Bonchev–Trinajstić information content (AvgIpc) is 2.86. The van der Waals surface area contributed by atoms with Gasteiger partial charge in [-0.1, -0.05) is 15.9 Å². The minimum absolute atomic E-state index is 0.0310. The molecule has 1 heterocycles. The van der Waals surface area contributed by atoms with Gasteiger partial charge in [-0.15, -0.1) is 0 Å². The molecule has 3 unspecified atom stereocenters. The lowest BCUT2D eigenvalue weighted by Gasteiger charge is -2.28. The SMILES string of the molecule is O=C(NC1CCOc2ccc(Br)cc21)C1CCCC1O. The molecule has 3 rings (SSSR count). The van der Waals surface area contributed by atoms with Crippen LogP contribution in [0, 0.1) is 5.92 Å². The Labute approximate surface area is 126 Å².